The Morgan fingerprint density at radius 1 is 0.968 bits per heavy atom. The highest BCUT2D eigenvalue weighted by Gasteiger charge is 2.28. The predicted octanol–water partition coefficient (Wildman–Crippen LogP) is 3.84. The Morgan fingerprint density at radius 3 is 2.35 bits per heavy atom. The van der Waals surface area contributed by atoms with Crippen LogP contribution in [0.5, 0.6) is 0 Å². The minimum atomic E-state index is -3.77. The maximum atomic E-state index is 13.1. The SMILES string of the molecule is CN(c1ccccc1)S(=O)(=O)c1cccc(C(=O)N2CCC(Nc3ccccc3)C2)c1. The lowest BCUT2D eigenvalue weighted by Crippen LogP contribution is -2.32. The molecule has 1 N–H and O–H groups in total. The highest BCUT2D eigenvalue weighted by molar-refractivity contribution is 7.92. The Bertz CT molecular complexity index is 1150. The maximum Gasteiger partial charge on any atom is 0.264 e. The van der Waals surface area contributed by atoms with Crippen molar-refractivity contribution in [3.8, 4) is 0 Å². The van der Waals surface area contributed by atoms with Gasteiger partial charge in [-0.2, -0.15) is 0 Å². The van der Waals surface area contributed by atoms with E-state index in [0.717, 1.165) is 12.1 Å². The molecule has 1 aliphatic heterocycles. The molecule has 160 valence electrons. The third-order valence-electron chi connectivity index (χ3n) is 5.48. The Morgan fingerprint density at radius 2 is 1.65 bits per heavy atom. The summed E-state index contributed by atoms with van der Waals surface area (Å²) in [5, 5.41) is 3.45. The molecule has 7 heteroatoms. The lowest BCUT2D eigenvalue weighted by Gasteiger charge is -2.21. The third-order valence-corrected chi connectivity index (χ3v) is 7.26. The quantitative estimate of drug-likeness (QED) is 0.639. The molecule has 1 unspecified atom stereocenters. The van der Waals surface area contributed by atoms with Crippen molar-refractivity contribution < 1.29 is 13.2 Å². The van der Waals surface area contributed by atoms with Crippen molar-refractivity contribution in [3.05, 3.63) is 90.5 Å². The monoisotopic (exact) mass is 435 g/mol. The minimum absolute atomic E-state index is 0.0999. The first-order valence-corrected chi connectivity index (χ1v) is 11.6. The van der Waals surface area contributed by atoms with E-state index in [1.165, 1.54) is 23.5 Å². The second-order valence-corrected chi connectivity index (χ2v) is 9.55. The van der Waals surface area contributed by atoms with Gasteiger partial charge in [0, 0.05) is 37.4 Å². The van der Waals surface area contributed by atoms with Gasteiger partial charge in [0.1, 0.15) is 0 Å². The summed E-state index contributed by atoms with van der Waals surface area (Å²) in [5.74, 6) is -0.156. The fourth-order valence-electron chi connectivity index (χ4n) is 3.74. The zero-order valence-electron chi connectivity index (χ0n) is 17.3. The van der Waals surface area contributed by atoms with E-state index in [-0.39, 0.29) is 16.8 Å². The first-order chi connectivity index (χ1) is 14.9. The van der Waals surface area contributed by atoms with Crippen molar-refractivity contribution in [2.75, 3.05) is 29.8 Å². The Labute approximate surface area is 183 Å². The summed E-state index contributed by atoms with van der Waals surface area (Å²) in [5.41, 5.74) is 1.97. The van der Waals surface area contributed by atoms with Gasteiger partial charge in [-0.3, -0.25) is 9.10 Å². The van der Waals surface area contributed by atoms with Crippen LogP contribution >= 0.6 is 0 Å². The fourth-order valence-corrected chi connectivity index (χ4v) is 4.98. The molecule has 1 atom stereocenters. The van der Waals surface area contributed by atoms with E-state index in [0.29, 0.717) is 24.3 Å². The molecule has 4 rings (SSSR count). The summed E-state index contributed by atoms with van der Waals surface area (Å²) in [6.07, 6.45) is 0.843. The number of nitrogens with zero attached hydrogens (tertiary/aromatic N) is 2. The second-order valence-electron chi connectivity index (χ2n) is 7.58. The summed E-state index contributed by atoms with van der Waals surface area (Å²) in [6, 6.07) is 25.2. The molecule has 1 saturated heterocycles. The zero-order valence-corrected chi connectivity index (χ0v) is 18.1. The molecule has 6 nitrogen and oxygen atoms in total. The fraction of sp³-hybridized carbons (Fsp3) is 0.208. The molecule has 0 bridgehead atoms. The van der Waals surface area contributed by atoms with Crippen LogP contribution < -0.4 is 9.62 Å². The molecule has 1 heterocycles. The molecule has 0 radical (unpaired) electrons. The number of carbonyl (C=O) groups excluding carboxylic acids is 1. The number of carbonyl (C=O) groups is 1. The molecular formula is C24H25N3O3S. The number of hydrogen-bond donors (Lipinski definition) is 1. The Hall–Kier alpha value is -3.32. The van der Waals surface area contributed by atoms with Crippen molar-refractivity contribution in [2.24, 2.45) is 0 Å². The minimum Gasteiger partial charge on any atom is -0.380 e. The van der Waals surface area contributed by atoms with E-state index < -0.39 is 10.0 Å². The van der Waals surface area contributed by atoms with E-state index in [2.05, 4.69) is 5.32 Å². The number of rotatable bonds is 6. The molecule has 0 saturated carbocycles. The normalized spacial score (nSPS) is 16.2. The van der Waals surface area contributed by atoms with E-state index in [4.69, 9.17) is 0 Å². The molecule has 3 aromatic carbocycles. The predicted molar refractivity (Wildman–Crippen MR) is 123 cm³/mol. The van der Waals surface area contributed by atoms with Gasteiger partial charge in [0.2, 0.25) is 0 Å². The molecule has 1 aliphatic rings. The van der Waals surface area contributed by atoms with Gasteiger partial charge in [-0.15, -0.1) is 0 Å². The van der Waals surface area contributed by atoms with Crippen molar-refractivity contribution in [1.29, 1.82) is 0 Å². The molecule has 31 heavy (non-hydrogen) atoms. The van der Waals surface area contributed by atoms with E-state index in [9.17, 15) is 13.2 Å². The number of nitrogens with one attached hydrogen (secondary N) is 1. The van der Waals surface area contributed by atoms with Gasteiger partial charge in [-0.1, -0.05) is 42.5 Å². The van der Waals surface area contributed by atoms with E-state index in [1.54, 1.807) is 41.3 Å². The molecule has 0 aromatic heterocycles. The average molecular weight is 436 g/mol. The van der Waals surface area contributed by atoms with Crippen LogP contribution in [-0.2, 0) is 10.0 Å². The summed E-state index contributed by atoms with van der Waals surface area (Å²) < 4.78 is 27.4. The first-order valence-electron chi connectivity index (χ1n) is 10.2. The Kier molecular flexibility index (Phi) is 5.95. The average Bonchev–Trinajstić information content (AvgIpc) is 3.27. The number of amides is 1. The molecule has 3 aromatic rings. The lowest BCUT2D eigenvalue weighted by molar-refractivity contribution is 0.0791. The van der Waals surface area contributed by atoms with E-state index >= 15 is 0 Å². The summed E-state index contributed by atoms with van der Waals surface area (Å²) in [6.45, 7) is 1.21. The van der Waals surface area contributed by atoms with Crippen molar-refractivity contribution >= 4 is 27.3 Å². The number of para-hydroxylation sites is 2. The number of sulfonamides is 1. The van der Waals surface area contributed by atoms with Gasteiger partial charge in [0.15, 0.2) is 0 Å². The van der Waals surface area contributed by atoms with Crippen LogP contribution in [0.3, 0.4) is 0 Å². The number of hydrogen-bond acceptors (Lipinski definition) is 4. The molecule has 1 amide bonds. The summed E-state index contributed by atoms with van der Waals surface area (Å²) in [7, 11) is -2.26. The molecule has 0 aliphatic carbocycles. The van der Waals surface area contributed by atoms with Gasteiger partial charge in [0.25, 0.3) is 15.9 Å². The van der Waals surface area contributed by atoms with Gasteiger partial charge in [-0.05, 0) is 48.9 Å². The summed E-state index contributed by atoms with van der Waals surface area (Å²) in [4.78, 5) is 14.9. The van der Waals surface area contributed by atoms with Crippen LogP contribution in [0.4, 0.5) is 11.4 Å². The van der Waals surface area contributed by atoms with Crippen LogP contribution in [0.2, 0.25) is 0 Å². The Balaban J connectivity index is 1.48. The van der Waals surface area contributed by atoms with Crippen LogP contribution in [0.25, 0.3) is 0 Å². The molecule has 0 spiro atoms. The standard InChI is InChI=1S/C24H25N3O3S/c1-26(22-12-6-3-7-13-22)31(29,30)23-14-8-9-19(17-23)24(28)27-16-15-21(18-27)25-20-10-4-2-5-11-20/h2-14,17,21,25H,15-16,18H2,1H3. The number of anilines is 2. The zero-order chi connectivity index (χ0) is 21.8. The smallest absolute Gasteiger partial charge is 0.264 e. The number of likely N-dealkylation sites (tertiary alicyclic amines) is 1. The van der Waals surface area contributed by atoms with Crippen LogP contribution in [0.1, 0.15) is 16.8 Å². The van der Waals surface area contributed by atoms with Crippen LogP contribution in [0, 0.1) is 0 Å². The first kappa shape index (κ1) is 20.9. The van der Waals surface area contributed by atoms with E-state index in [1.807, 2.05) is 36.4 Å². The van der Waals surface area contributed by atoms with Crippen molar-refractivity contribution in [3.63, 3.8) is 0 Å². The van der Waals surface area contributed by atoms with Gasteiger partial charge in [-0.25, -0.2) is 8.42 Å². The second kappa shape index (κ2) is 8.81. The summed E-state index contributed by atoms with van der Waals surface area (Å²) >= 11 is 0. The lowest BCUT2D eigenvalue weighted by atomic mass is 10.2. The van der Waals surface area contributed by atoms with Crippen LogP contribution in [-0.4, -0.2) is 45.4 Å². The molecular weight excluding hydrogens is 410 g/mol. The molecule has 1 fully saturated rings. The van der Waals surface area contributed by atoms with Gasteiger partial charge < -0.3 is 10.2 Å². The topological polar surface area (TPSA) is 69.7 Å². The largest absolute Gasteiger partial charge is 0.380 e. The number of benzene rings is 3. The third kappa shape index (κ3) is 4.56. The highest BCUT2D eigenvalue weighted by Crippen LogP contribution is 2.24. The van der Waals surface area contributed by atoms with Crippen molar-refractivity contribution in [2.45, 2.75) is 17.4 Å². The van der Waals surface area contributed by atoms with Crippen molar-refractivity contribution in [1.82, 2.24) is 4.90 Å². The van der Waals surface area contributed by atoms with Crippen LogP contribution in [0.15, 0.2) is 89.8 Å². The van der Waals surface area contributed by atoms with Gasteiger partial charge >= 0.3 is 0 Å². The highest BCUT2D eigenvalue weighted by atomic mass is 32.2. The van der Waals surface area contributed by atoms with Gasteiger partial charge in [0.05, 0.1) is 10.6 Å². The maximum absolute atomic E-state index is 13.1.